The van der Waals surface area contributed by atoms with Crippen molar-refractivity contribution < 1.29 is 14.6 Å². The molecule has 0 saturated heterocycles. The summed E-state index contributed by atoms with van der Waals surface area (Å²) in [5, 5.41) is 21.6. The zero-order chi connectivity index (χ0) is 13.8. The summed E-state index contributed by atoms with van der Waals surface area (Å²) in [5.41, 5.74) is -0.499. The summed E-state index contributed by atoms with van der Waals surface area (Å²) in [6.07, 6.45) is 0. The molecule has 96 valence electrons. The van der Waals surface area contributed by atoms with E-state index in [1.807, 2.05) is 0 Å². The van der Waals surface area contributed by atoms with E-state index in [-0.39, 0.29) is 22.9 Å². The lowest BCUT2D eigenvalue weighted by Gasteiger charge is -2.06. The fourth-order valence-corrected chi connectivity index (χ4v) is 1.51. The molecule has 2 rings (SSSR count). The van der Waals surface area contributed by atoms with Crippen molar-refractivity contribution in [3.05, 3.63) is 68.8 Å². The second-order valence-corrected chi connectivity index (χ2v) is 3.55. The summed E-state index contributed by atoms with van der Waals surface area (Å²) in [7, 11) is 0. The van der Waals surface area contributed by atoms with Crippen LogP contribution in [0.15, 0.2) is 48.5 Å². The maximum atomic E-state index is 10.8. The average molecular weight is 260 g/mol. The van der Waals surface area contributed by atoms with Crippen LogP contribution >= 0.6 is 0 Å². The van der Waals surface area contributed by atoms with Gasteiger partial charge in [0.15, 0.2) is 0 Å². The maximum absolute atomic E-state index is 10.8. The lowest BCUT2D eigenvalue weighted by Crippen LogP contribution is -1.96. The number of hydrogen-bond acceptors (Lipinski definition) is 5. The van der Waals surface area contributed by atoms with Crippen molar-refractivity contribution in [1.82, 2.24) is 0 Å². The third-order valence-electron chi connectivity index (χ3n) is 2.34. The van der Waals surface area contributed by atoms with Crippen molar-refractivity contribution in [2.75, 3.05) is 0 Å². The molecule has 0 aromatic heterocycles. The number of hydrogen-bond donors (Lipinski definition) is 0. The van der Waals surface area contributed by atoms with Crippen LogP contribution in [0.4, 0.5) is 11.4 Å². The quantitative estimate of drug-likeness (QED) is 0.620. The van der Waals surface area contributed by atoms with Crippen LogP contribution in [0.5, 0.6) is 11.5 Å². The van der Waals surface area contributed by atoms with E-state index in [9.17, 15) is 20.2 Å². The fraction of sp³-hybridized carbons (Fsp3) is 0. The molecule has 2 aromatic carbocycles. The van der Waals surface area contributed by atoms with Gasteiger partial charge < -0.3 is 4.74 Å². The first-order valence-electron chi connectivity index (χ1n) is 5.24. The number of nitro groups is 2. The van der Waals surface area contributed by atoms with E-state index in [1.165, 1.54) is 36.4 Å². The Hall–Kier alpha value is -2.96. The molecule has 19 heavy (non-hydrogen) atoms. The van der Waals surface area contributed by atoms with Crippen molar-refractivity contribution in [1.29, 1.82) is 0 Å². The molecule has 7 heteroatoms. The molecule has 0 N–H and O–H groups in total. The van der Waals surface area contributed by atoms with Crippen LogP contribution in [-0.2, 0) is 0 Å². The molecular formula is C12H8N2O5. The molecule has 0 radical (unpaired) electrons. The zero-order valence-electron chi connectivity index (χ0n) is 9.55. The number of benzene rings is 2. The number of para-hydroxylation sites is 4. The van der Waals surface area contributed by atoms with Crippen molar-refractivity contribution in [3.63, 3.8) is 0 Å². The molecule has 0 bridgehead atoms. The highest BCUT2D eigenvalue weighted by Gasteiger charge is 2.19. The maximum Gasteiger partial charge on any atom is 0.311 e. The average Bonchev–Trinajstić information content (AvgIpc) is 2.39. The molecule has 0 aliphatic heterocycles. The molecular weight excluding hydrogens is 252 g/mol. The summed E-state index contributed by atoms with van der Waals surface area (Å²) in [6, 6.07) is 11.4. The predicted octanol–water partition coefficient (Wildman–Crippen LogP) is 3.30. The van der Waals surface area contributed by atoms with Crippen LogP contribution in [0, 0.1) is 20.2 Å². The molecule has 0 heterocycles. The van der Waals surface area contributed by atoms with Crippen LogP contribution in [0.2, 0.25) is 0 Å². The summed E-state index contributed by atoms with van der Waals surface area (Å²) in [5.74, 6) is -0.0800. The first-order valence-corrected chi connectivity index (χ1v) is 5.24. The standard InChI is InChI=1S/C12H8N2O5/c15-13(16)9-5-1-3-7-11(9)19-12-8-4-2-6-10(12)14(17)18/h1-8H. The molecule has 0 aliphatic rings. The minimum Gasteiger partial charge on any atom is -0.443 e. The molecule has 7 nitrogen and oxygen atoms in total. The largest absolute Gasteiger partial charge is 0.443 e. The van der Waals surface area contributed by atoms with E-state index in [0.29, 0.717) is 0 Å². The summed E-state index contributed by atoms with van der Waals surface area (Å²) in [6.45, 7) is 0. The minimum atomic E-state index is -0.607. The van der Waals surface area contributed by atoms with E-state index in [0.717, 1.165) is 0 Å². The highest BCUT2D eigenvalue weighted by atomic mass is 16.6. The fourth-order valence-electron chi connectivity index (χ4n) is 1.51. The first-order chi connectivity index (χ1) is 9.09. The molecule has 0 atom stereocenters. The molecule has 0 saturated carbocycles. The molecule has 0 spiro atoms. The van der Waals surface area contributed by atoms with Gasteiger partial charge in [-0.3, -0.25) is 20.2 Å². The van der Waals surface area contributed by atoms with Crippen molar-refractivity contribution in [2.45, 2.75) is 0 Å². The monoisotopic (exact) mass is 260 g/mol. The van der Waals surface area contributed by atoms with Crippen LogP contribution in [0.25, 0.3) is 0 Å². The van der Waals surface area contributed by atoms with Gasteiger partial charge in [-0.25, -0.2) is 0 Å². The molecule has 0 fully saturated rings. The number of rotatable bonds is 4. The lowest BCUT2D eigenvalue weighted by molar-refractivity contribution is -0.387. The molecule has 2 aromatic rings. The number of nitro benzene ring substituents is 2. The van der Waals surface area contributed by atoms with E-state index in [4.69, 9.17) is 4.74 Å². The normalized spacial score (nSPS) is 9.89. The Morgan fingerprint density at radius 2 is 1.11 bits per heavy atom. The Bertz CT molecular complexity index is 586. The van der Waals surface area contributed by atoms with Gasteiger partial charge in [-0.2, -0.15) is 0 Å². The highest BCUT2D eigenvalue weighted by molar-refractivity contribution is 5.53. The van der Waals surface area contributed by atoms with Crippen LogP contribution in [0.1, 0.15) is 0 Å². The van der Waals surface area contributed by atoms with Crippen molar-refractivity contribution in [2.24, 2.45) is 0 Å². The van der Waals surface area contributed by atoms with Gasteiger partial charge in [-0.1, -0.05) is 24.3 Å². The molecule has 0 aliphatic carbocycles. The Balaban J connectivity index is 2.42. The van der Waals surface area contributed by atoms with Crippen LogP contribution in [0.3, 0.4) is 0 Å². The second-order valence-electron chi connectivity index (χ2n) is 3.55. The minimum absolute atomic E-state index is 0.0400. The van der Waals surface area contributed by atoms with E-state index in [2.05, 4.69) is 0 Å². The third kappa shape index (κ3) is 2.65. The third-order valence-corrected chi connectivity index (χ3v) is 2.34. The Morgan fingerprint density at radius 1 is 0.737 bits per heavy atom. The van der Waals surface area contributed by atoms with Crippen molar-refractivity contribution >= 4 is 11.4 Å². The predicted molar refractivity (Wildman–Crippen MR) is 66.3 cm³/mol. The zero-order valence-corrected chi connectivity index (χ0v) is 9.55. The number of ether oxygens (including phenoxy) is 1. The topological polar surface area (TPSA) is 95.5 Å². The van der Waals surface area contributed by atoms with Gasteiger partial charge in [0.2, 0.25) is 11.5 Å². The molecule has 0 amide bonds. The number of nitrogens with zero attached hydrogens (tertiary/aromatic N) is 2. The van der Waals surface area contributed by atoms with Crippen LogP contribution < -0.4 is 4.74 Å². The van der Waals surface area contributed by atoms with Gasteiger partial charge in [0.25, 0.3) is 0 Å². The summed E-state index contributed by atoms with van der Waals surface area (Å²) >= 11 is 0. The van der Waals surface area contributed by atoms with Crippen molar-refractivity contribution in [3.8, 4) is 11.5 Å². The van der Waals surface area contributed by atoms with Gasteiger partial charge >= 0.3 is 11.4 Å². The Labute approximate surface area is 107 Å². The van der Waals surface area contributed by atoms with Gasteiger partial charge in [0, 0.05) is 12.1 Å². The van der Waals surface area contributed by atoms with Gasteiger partial charge in [0.05, 0.1) is 9.85 Å². The first kappa shape index (κ1) is 12.5. The SMILES string of the molecule is O=[N+]([O-])c1ccccc1Oc1ccccc1[N+](=O)[O-]. The smallest absolute Gasteiger partial charge is 0.311 e. The molecule has 0 unspecified atom stereocenters. The highest BCUT2D eigenvalue weighted by Crippen LogP contribution is 2.35. The Morgan fingerprint density at radius 3 is 1.47 bits per heavy atom. The van der Waals surface area contributed by atoms with E-state index < -0.39 is 9.85 Å². The van der Waals surface area contributed by atoms with Gasteiger partial charge in [-0.05, 0) is 12.1 Å². The second kappa shape index (κ2) is 5.13. The summed E-state index contributed by atoms with van der Waals surface area (Å²) in [4.78, 5) is 20.4. The lowest BCUT2D eigenvalue weighted by atomic mass is 10.2. The van der Waals surface area contributed by atoms with E-state index in [1.54, 1.807) is 12.1 Å². The van der Waals surface area contributed by atoms with Gasteiger partial charge in [0.1, 0.15) is 0 Å². The van der Waals surface area contributed by atoms with Gasteiger partial charge in [-0.15, -0.1) is 0 Å². The Kier molecular flexibility index (Phi) is 3.37. The van der Waals surface area contributed by atoms with E-state index >= 15 is 0 Å². The van der Waals surface area contributed by atoms with Crippen LogP contribution in [-0.4, -0.2) is 9.85 Å². The summed E-state index contributed by atoms with van der Waals surface area (Å²) < 4.78 is 5.28.